The van der Waals surface area contributed by atoms with Crippen molar-refractivity contribution in [3.8, 4) is 11.5 Å². The Morgan fingerprint density at radius 1 is 1.06 bits per heavy atom. The van der Waals surface area contributed by atoms with Gasteiger partial charge in [0.25, 0.3) is 11.8 Å². The molecule has 0 spiro atoms. The molecule has 1 aromatic heterocycles. The van der Waals surface area contributed by atoms with Crippen LogP contribution in [-0.2, 0) is 25.5 Å². The number of esters is 2. The van der Waals surface area contributed by atoms with Crippen molar-refractivity contribution >= 4 is 40.1 Å². The van der Waals surface area contributed by atoms with Gasteiger partial charge in [-0.3, -0.25) is 14.4 Å². The molecule has 170 valence electrons. The molecule has 0 unspecified atom stereocenters. The summed E-state index contributed by atoms with van der Waals surface area (Å²) in [5.41, 5.74) is 0.542. The van der Waals surface area contributed by atoms with Crippen molar-refractivity contribution in [3.63, 3.8) is 0 Å². The second kappa shape index (κ2) is 10.6. The van der Waals surface area contributed by atoms with Crippen molar-refractivity contribution in [2.75, 3.05) is 31.9 Å². The summed E-state index contributed by atoms with van der Waals surface area (Å²) in [6, 6.07) is 6.30. The molecule has 2 heterocycles. The number of amides is 2. The quantitative estimate of drug-likeness (QED) is 0.542. The summed E-state index contributed by atoms with van der Waals surface area (Å²) < 4.78 is 20.3. The van der Waals surface area contributed by atoms with Gasteiger partial charge in [0.2, 0.25) is 6.79 Å². The minimum Gasteiger partial charge on any atom is -0.462 e. The number of hydrogen-bond acceptors (Lipinski definition) is 9. The van der Waals surface area contributed by atoms with E-state index in [2.05, 4.69) is 10.6 Å². The molecular weight excluding hydrogens is 440 g/mol. The number of benzene rings is 1. The molecule has 1 aliphatic rings. The van der Waals surface area contributed by atoms with Crippen LogP contribution in [0.25, 0.3) is 0 Å². The smallest absolute Gasteiger partial charge is 0.341 e. The normalized spacial score (nSPS) is 11.6. The zero-order chi connectivity index (χ0) is 23.1. The maximum Gasteiger partial charge on any atom is 0.341 e. The first-order valence-corrected chi connectivity index (χ1v) is 10.7. The second-order valence-corrected chi connectivity index (χ2v) is 7.63. The second-order valence-electron chi connectivity index (χ2n) is 6.49. The van der Waals surface area contributed by atoms with Gasteiger partial charge in [0.1, 0.15) is 11.5 Å². The molecule has 10 nitrogen and oxygen atoms in total. The van der Waals surface area contributed by atoms with Gasteiger partial charge in [-0.2, -0.15) is 0 Å². The summed E-state index contributed by atoms with van der Waals surface area (Å²) in [6.45, 7) is 2.91. The number of rotatable bonds is 9. The Kier molecular flexibility index (Phi) is 7.66. The highest BCUT2D eigenvalue weighted by Crippen LogP contribution is 2.32. The monoisotopic (exact) mass is 462 g/mol. The summed E-state index contributed by atoms with van der Waals surface area (Å²) in [5.74, 6) is -1.47. The molecule has 0 saturated heterocycles. The Balaban J connectivity index is 1.47. The number of carbonyl (C=O) groups excluding carboxylic acids is 4. The summed E-state index contributed by atoms with van der Waals surface area (Å²) in [5, 5.41) is 5.31. The first-order valence-electron chi connectivity index (χ1n) is 9.84. The average molecular weight is 462 g/mol. The summed E-state index contributed by atoms with van der Waals surface area (Å²) in [7, 11) is 0. The van der Waals surface area contributed by atoms with Gasteiger partial charge in [0.15, 0.2) is 18.1 Å². The van der Waals surface area contributed by atoms with Crippen LogP contribution in [-0.4, -0.2) is 50.3 Å². The van der Waals surface area contributed by atoms with E-state index in [1.54, 1.807) is 19.1 Å². The van der Waals surface area contributed by atoms with E-state index in [-0.39, 0.29) is 24.5 Å². The zero-order valence-corrected chi connectivity index (χ0v) is 18.3. The highest BCUT2D eigenvalue weighted by atomic mass is 32.1. The molecule has 1 aromatic carbocycles. The Bertz CT molecular complexity index is 1030. The summed E-state index contributed by atoms with van der Waals surface area (Å²) in [4.78, 5) is 49.2. The van der Waals surface area contributed by atoms with Crippen LogP contribution < -0.4 is 20.1 Å². The molecule has 0 saturated carbocycles. The Labute approximate surface area is 187 Å². The van der Waals surface area contributed by atoms with Crippen LogP contribution in [0.5, 0.6) is 11.5 Å². The van der Waals surface area contributed by atoms with Gasteiger partial charge in [-0.25, -0.2) is 4.79 Å². The minimum atomic E-state index is -0.791. The average Bonchev–Trinajstić information content (AvgIpc) is 3.42. The third-order valence-electron chi connectivity index (χ3n) is 4.27. The standard InChI is InChI=1S/C21H22N2O8S/c1-3-13-8-14(21(27)28-4-2)20(32-13)23-17(24)10-29-18(25)9-22-19(26)12-5-6-15-16(7-12)31-11-30-15/h5-8H,3-4,9-11H2,1-2H3,(H,22,26)(H,23,24). The van der Waals surface area contributed by atoms with Crippen LogP contribution >= 0.6 is 11.3 Å². The molecule has 0 radical (unpaired) electrons. The van der Waals surface area contributed by atoms with E-state index < -0.39 is 36.9 Å². The number of nitrogens with one attached hydrogen (secondary N) is 2. The van der Waals surface area contributed by atoms with Crippen molar-refractivity contribution in [2.45, 2.75) is 20.3 Å². The molecular formula is C21H22N2O8S. The molecule has 2 N–H and O–H groups in total. The first kappa shape index (κ1) is 23.1. The highest BCUT2D eigenvalue weighted by Gasteiger charge is 2.20. The molecule has 0 atom stereocenters. The Morgan fingerprint density at radius 3 is 2.59 bits per heavy atom. The maximum absolute atomic E-state index is 12.2. The molecule has 3 rings (SSSR count). The first-order chi connectivity index (χ1) is 15.4. The van der Waals surface area contributed by atoms with Crippen molar-refractivity contribution in [2.24, 2.45) is 0 Å². The predicted octanol–water partition coefficient (Wildman–Crippen LogP) is 2.13. The topological polar surface area (TPSA) is 129 Å². The summed E-state index contributed by atoms with van der Waals surface area (Å²) >= 11 is 1.25. The number of fused-ring (bicyclic) bond motifs is 1. The SMILES string of the molecule is CCOC(=O)c1cc(CC)sc1NC(=O)COC(=O)CNC(=O)c1ccc2c(c1)OCO2. The molecule has 2 amide bonds. The summed E-state index contributed by atoms with van der Waals surface area (Å²) in [6.07, 6.45) is 0.686. The minimum absolute atomic E-state index is 0.0846. The number of hydrogen-bond donors (Lipinski definition) is 2. The lowest BCUT2D eigenvalue weighted by atomic mass is 10.2. The molecule has 11 heteroatoms. The van der Waals surface area contributed by atoms with Crippen LogP contribution in [0.2, 0.25) is 0 Å². The zero-order valence-electron chi connectivity index (χ0n) is 17.5. The number of carbonyl (C=O) groups is 4. The van der Waals surface area contributed by atoms with Gasteiger partial charge in [-0.05, 0) is 37.6 Å². The fourth-order valence-electron chi connectivity index (χ4n) is 2.72. The third-order valence-corrected chi connectivity index (χ3v) is 5.47. The molecule has 0 bridgehead atoms. The van der Waals surface area contributed by atoms with Gasteiger partial charge in [-0.15, -0.1) is 11.3 Å². The fraction of sp³-hybridized carbons (Fsp3) is 0.333. The maximum atomic E-state index is 12.2. The van der Waals surface area contributed by atoms with Gasteiger partial charge in [0, 0.05) is 10.4 Å². The molecule has 32 heavy (non-hydrogen) atoms. The largest absolute Gasteiger partial charge is 0.462 e. The molecule has 0 fully saturated rings. The van der Waals surface area contributed by atoms with Gasteiger partial charge in [-0.1, -0.05) is 6.92 Å². The van der Waals surface area contributed by atoms with Crippen molar-refractivity contribution in [3.05, 3.63) is 40.3 Å². The molecule has 0 aliphatic carbocycles. The van der Waals surface area contributed by atoms with E-state index in [1.807, 2.05) is 6.92 Å². The predicted molar refractivity (Wildman–Crippen MR) is 114 cm³/mol. The lowest BCUT2D eigenvalue weighted by Crippen LogP contribution is -2.32. The lowest BCUT2D eigenvalue weighted by molar-refractivity contribution is -0.146. The molecule has 1 aliphatic heterocycles. The van der Waals surface area contributed by atoms with E-state index >= 15 is 0 Å². The van der Waals surface area contributed by atoms with E-state index in [1.165, 1.54) is 23.5 Å². The Morgan fingerprint density at radius 2 is 1.84 bits per heavy atom. The Hall–Kier alpha value is -3.60. The molecule has 2 aromatic rings. The number of ether oxygens (including phenoxy) is 4. The van der Waals surface area contributed by atoms with Crippen molar-refractivity contribution in [1.82, 2.24) is 5.32 Å². The van der Waals surface area contributed by atoms with Crippen LogP contribution in [0, 0.1) is 0 Å². The van der Waals surface area contributed by atoms with E-state index in [9.17, 15) is 19.2 Å². The number of anilines is 1. The van der Waals surface area contributed by atoms with Crippen LogP contribution in [0.15, 0.2) is 24.3 Å². The van der Waals surface area contributed by atoms with E-state index in [4.69, 9.17) is 18.9 Å². The van der Waals surface area contributed by atoms with E-state index in [0.29, 0.717) is 22.9 Å². The van der Waals surface area contributed by atoms with Crippen LogP contribution in [0.4, 0.5) is 5.00 Å². The van der Waals surface area contributed by atoms with Gasteiger partial charge in [0.05, 0.1) is 12.2 Å². The van der Waals surface area contributed by atoms with Gasteiger partial charge >= 0.3 is 11.9 Å². The fourth-order valence-corrected chi connectivity index (χ4v) is 3.72. The third kappa shape index (κ3) is 5.76. The highest BCUT2D eigenvalue weighted by molar-refractivity contribution is 7.16. The van der Waals surface area contributed by atoms with Gasteiger partial charge < -0.3 is 29.6 Å². The van der Waals surface area contributed by atoms with Crippen LogP contribution in [0.1, 0.15) is 39.4 Å². The van der Waals surface area contributed by atoms with E-state index in [0.717, 1.165) is 4.88 Å². The van der Waals surface area contributed by atoms with Crippen molar-refractivity contribution in [1.29, 1.82) is 0 Å². The van der Waals surface area contributed by atoms with Crippen molar-refractivity contribution < 1.29 is 38.1 Å². The lowest BCUT2D eigenvalue weighted by Gasteiger charge is -2.08. The van der Waals surface area contributed by atoms with Crippen LogP contribution in [0.3, 0.4) is 0 Å². The number of thiophene rings is 1. The number of aryl methyl sites for hydroxylation is 1.